The van der Waals surface area contributed by atoms with Gasteiger partial charge in [0.15, 0.2) is 11.6 Å². The molecular weight excluding hydrogens is 290 g/mol. The molecule has 0 bridgehead atoms. The molecule has 0 spiro atoms. The lowest BCUT2D eigenvalue weighted by atomic mass is 10.2. The van der Waals surface area contributed by atoms with Gasteiger partial charge in [0.25, 0.3) is 5.91 Å². The van der Waals surface area contributed by atoms with Crippen molar-refractivity contribution in [3.63, 3.8) is 0 Å². The summed E-state index contributed by atoms with van der Waals surface area (Å²) in [6.45, 7) is 0. The van der Waals surface area contributed by atoms with Crippen LogP contribution >= 0.6 is 0 Å². The summed E-state index contributed by atoms with van der Waals surface area (Å²) in [6.07, 6.45) is 3.12. The van der Waals surface area contributed by atoms with Crippen LogP contribution in [0, 0.1) is 0 Å². The standard InChI is InChI=1S/C17H15N5O/c1-22(14-7-3-2-4-8-14)16-10-9-15(20-21-16)19-17(23)13-6-5-11-18-12-13/h2-12H,1H3,(H,19,20,23). The molecule has 3 aromatic rings. The maximum Gasteiger partial charge on any atom is 0.258 e. The summed E-state index contributed by atoms with van der Waals surface area (Å²) >= 11 is 0. The SMILES string of the molecule is CN(c1ccccc1)c1ccc(NC(=O)c2cccnc2)nn1. The fourth-order valence-electron chi connectivity index (χ4n) is 2.04. The van der Waals surface area contributed by atoms with Gasteiger partial charge in [-0.1, -0.05) is 18.2 Å². The third-order valence-electron chi connectivity index (χ3n) is 3.30. The molecule has 0 radical (unpaired) electrons. The lowest BCUT2D eigenvalue weighted by Crippen LogP contribution is -2.15. The van der Waals surface area contributed by atoms with E-state index >= 15 is 0 Å². The van der Waals surface area contributed by atoms with Crippen molar-refractivity contribution in [1.82, 2.24) is 15.2 Å². The first-order chi connectivity index (χ1) is 11.2. The molecule has 0 unspecified atom stereocenters. The van der Waals surface area contributed by atoms with Gasteiger partial charge in [-0.2, -0.15) is 0 Å². The zero-order valence-corrected chi connectivity index (χ0v) is 12.5. The van der Waals surface area contributed by atoms with E-state index < -0.39 is 0 Å². The predicted molar refractivity (Wildman–Crippen MR) is 88.7 cm³/mol. The number of amides is 1. The van der Waals surface area contributed by atoms with Gasteiger partial charge in [0, 0.05) is 25.1 Å². The Labute approximate surface area is 133 Å². The lowest BCUT2D eigenvalue weighted by molar-refractivity contribution is 0.102. The Bertz CT molecular complexity index is 775. The molecule has 0 saturated carbocycles. The van der Waals surface area contributed by atoms with Crippen LogP contribution in [-0.4, -0.2) is 28.1 Å². The predicted octanol–water partition coefficient (Wildman–Crippen LogP) is 2.89. The van der Waals surface area contributed by atoms with Crippen molar-refractivity contribution in [3.8, 4) is 0 Å². The van der Waals surface area contributed by atoms with Gasteiger partial charge in [0.2, 0.25) is 0 Å². The zero-order valence-electron chi connectivity index (χ0n) is 12.5. The maximum absolute atomic E-state index is 12.0. The van der Waals surface area contributed by atoms with E-state index in [0.717, 1.165) is 5.69 Å². The molecule has 114 valence electrons. The highest BCUT2D eigenvalue weighted by molar-refractivity contribution is 6.03. The fourth-order valence-corrected chi connectivity index (χ4v) is 2.04. The summed E-state index contributed by atoms with van der Waals surface area (Å²) in [5, 5.41) is 10.9. The Morgan fingerprint density at radius 3 is 2.48 bits per heavy atom. The lowest BCUT2D eigenvalue weighted by Gasteiger charge is -2.17. The zero-order chi connectivity index (χ0) is 16.1. The van der Waals surface area contributed by atoms with E-state index in [4.69, 9.17) is 0 Å². The monoisotopic (exact) mass is 305 g/mol. The average Bonchev–Trinajstić information content (AvgIpc) is 2.63. The van der Waals surface area contributed by atoms with Gasteiger partial charge < -0.3 is 10.2 Å². The summed E-state index contributed by atoms with van der Waals surface area (Å²) in [6, 6.07) is 16.8. The number of benzene rings is 1. The van der Waals surface area contributed by atoms with E-state index in [2.05, 4.69) is 20.5 Å². The van der Waals surface area contributed by atoms with Gasteiger partial charge in [-0.3, -0.25) is 9.78 Å². The number of rotatable bonds is 4. The number of hydrogen-bond donors (Lipinski definition) is 1. The maximum atomic E-state index is 12.0. The number of carbonyl (C=O) groups is 1. The molecular formula is C17H15N5O. The molecule has 3 rings (SSSR count). The van der Waals surface area contributed by atoms with E-state index in [-0.39, 0.29) is 5.91 Å². The molecule has 0 fully saturated rings. The van der Waals surface area contributed by atoms with Crippen molar-refractivity contribution in [1.29, 1.82) is 0 Å². The summed E-state index contributed by atoms with van der Waals surface area (Å²) < 4.78 is 0. The molecule has 23 heavy (non-hydrogen) atoms. The number of nitrogens with zero attached hydrogens (tertiary/aromatic N) is 4. The molecule has 0 aliphatic heterocycles. The smallest absolute Gasteiger partial charge is 0.258 e. The van der Waals surface area contributed by atoms with Crippen LogP contribution < -0.4 is 10.2 Å². The number of carbonyl (C=O) groups excluding carboxylic acids is 1. The molecule has 0 aliphatic rings. The van der Waals surface area contributed by atoms with Gasteiger partial charge in [-0.15, -0.1) is 10.2 Å². The molecule has 2 heterocycles. The molecule has 6 nitrogen and oxygen atoms in total. The number of nitrogens with one attached hydrogen (secondary N) is 1. The van der Waals surface area contributed by atoms with Crippen LogP contribution in [0.25, 0.3) is 0 Å². The minimum Gasteiger partial charge on any atom is -0.328 e. The highest BCUT2D eigenvalue weighted by Gasteiger charge is 2.09. The van der Waals surface area contributed by atoms with Crippen LogP contribution in [0.5, 0.6) is 0 Å². The van der Waals surface area contributed by atoms with Crippen molar-refractivity contribution in [3.05, 3.63) is 72.6 Å². The van der Waals surface area contributed by atoms with Crippen molar-refractivity contribution in [2.45, 2.75) is 0 Å². The van der Waals surface area contributed by atoms with Crippen LogP contribution in [0.4, 0.5) is 17.3 Å². The number of pyridine rings is 1. The van der Waals surface area contributed by atoms with Crippen molar-refractivity contribution >= 4 is 23.2 Å². The summed E-state index contributed by atoms with van der Waals surface area (Å²) in [5.74, 6) is 0.816. The van der Waals surface area contributed by atoms with Crippen LogP contribution in [0.1, 0.15) is 10.4 Å². The van der Waals surface area contributed by atoms with Gasteiger partial charge in [0.05, 0.1) is 5.56 Å². The van der Waals surface area contributed by atoms with Gasteiger partial charge in [0.1, 0.15) is 0 Å². The van der Waals surface area contributed by atoms with Gasteiger partial charge in [-0.25, -0.2) is 0 Å². The van der Waals surface area contributed by atoms with Gasteiger partial charge >= 0.3 is 0 Å². The minimum absolute atomic E-state index is 0.267. The molecule has 6 heteroatoms. The third-order valence-corrected chi connectivity index (χ3v) is 3.30. The first-order valence-electron chi connectivity index (χ1n) is 7.08. The van der Waals surface area contributed by atoms with E-state index in [9.17, 15) is 4.79 Å². The van der Waals surface area contributed by atoms with Gasteiger partial charge in [-0.05, 0) is 36.4 Å². The molecule has 1 amide bonds. The van der Waals surface area contributed by atoms with Crippen LogP contribution in [0.15, 0.2) is 67.0 Å². The van der Waals surface area contributed by atoms with E-state index in [1.807, 2.05) is 42.3 Å². The highest BCUT2D eigenvalue weighted by atomic mass is 16.1. The number of hydrogen-bond acceptors (Lipinski definition) is 5. The van der Waals surface area contributed by atoms with Crippen LogP contribution in [-0.2, 0) is 0 Å². The first kappa shape index (κ1) is 14.6. The largest absolute Gasteiger partial charge is 0.328 e. The Morgan fingerprint density at radius 2 is 1.83 bits per heavy atom. The molecule has 2 aromatic heterocycles. The number of aromatic nitrogens is 3. The Hall–Kier alpha value is -3.28. The van der Waals surface area contributed by atoms with E-state index in [0.29, 0.717) is 17.2 Å². The summed E-state index contributed by atoms with van der Waals surface area (Å²) in [5.41, 5.74) is 1.48. The molecule has 0 saturated heterocycles. The summed E-state index contributed by atoms with van der Waals surface area (Å²) in [7, 11) is 1.91. The second kappa shape index (κ2) is 6.65. The molecule has 1 N–H and O–H groups in total. The van der Waals surface area contributed by atoms with Crippen LogP contribution in [0.3, 0.4) is 0 Å². The van der Waals surface area contributed by atoms with Crippen LogP contribution in [0.2, 0.25) is 0 Å². The average molecular weight is 305 g/mol. The van der Waals surface area contributed by atoms with Crippen molar-refractivity contribution in [2.75, 3.05) is 17.3 Å². The number of para-hydroxylation sites is 1. The Morgan fingerprint density at radius 1 is 1.00 bits per heavy atom. The molecule has 0 aliphatic carbocycles. The minimum atomic E-state index is -0.267. The molecule has 0 atom stereocenters. The topological polar surface area (TPSA) is 71.0 Å². The second-order valence-corrected chi connectivity index (χ2v) is 4.87. The van der Waals surface area contributed by atoms with Crippen molar-refractivity contribution < 1.29 is 4.79 Å². The van der Waals surface area contributed by atoms with E-state index in [1.54, 1.807) is 30.5 Å². The fraction of sp³-hybridized carbons (Fsp3) is 0.0588. The third kappa shape index (κ3) is 3.49. The normalized spacial score (nSPS) is 10.1. The molecule has 1 aromatic carbocycles. The Kier molecular flexibility index (Phi) is 4.24. The first-order valence-corrected chi connectivity index (χ1v) is 7.08. The second-order valence-electron chi connectivity index (χ2n) is 4.87. The summed E-state index contributed by atoms with van der Waals surface area (Å²) in [4.78, 5) is 17.9. The van der Waals surface area contributed by atoms with E-state index in [1.165, 1.54) is 6.20 Å². The number of anilines is 3. The Balaban J connectivity index is 1.71. The van der Waals surface area contributed by atoms with Crippen molar-refractivity contribution in [2.24, 2.45) is 0 Å². The highest BCUT2D eigenvalue weighted by Crippen LogP contribution is 2.20. The quantitative estimate of drug-likeness (QED) is 0.802.